The number of nitrogens with zero attached hydrogens (tertiary/aromatic N) is 5. The van der Waals surface area contributed by atoms with Gasteiger partial charge in [0, 0.05) is 49.1 Å². The molecule has 0 aliphatic carbocycles. The zero-order valence-corrected chi connectivity index (χ0v) is 29.5. The molecule has 0 bridgehead atoms. The number of aromatic nitrogens is 3. The van der Waals surface area contributed by atoms with E-state index in [1.807, 2.05) is 24.3 Å². The van der Waals surface area contributed by atoms with E-state index in [4.69, 9.17) is 13.1 Å². The van der Waals surface area contributed by atoms with Crippen LogP contribution in [0, 0.1) is 13.1 Å². The van der Waals surface area contributed by atoms with Crippen LogP contribution in [0.4, 0.5) is 11.4 Å². The van der Waals surface area contributed by atoms with Gasteiger partial charge in [0.1, 0.15) is 0 Å². The number of rotatable bonds is 4. The SMILES string of the molecule is [C-]#[N+]c1ccc(-n2c3ccccc3c3ccc(-n4c5ccccc5c5ccccc54)cc32)c(-c2ccccc2-n2c3ccccc3c3ccc([N+]#[C-])cc32)c1. The fourth-order valence-electron chi connectivity index (χ4n) is 8.75. The summed E-state index contributed by atoms with van der Waals surface area (Å²) < 4.78 is 7.00. The van der Waals surface area contributed by atoms with Gasteiger partial charge >= 0.3 is 0 Å². The average molecular weight is 700 g/mol. The predicted molar refractivity (Wildman–Crippen MR) is 227 cm³/mol. The minimum Gasteiger partial charge on any atom is -0.310 e. The van der Waals surface area contributed by atoms with E-state index in [1.165, 1.54) is 10.8 Å². The molecule has 3 heterocycles. The van der Waals surface area contributed by atoms with Crippen molar-refractivity contribution in [2.45, 2.75) is 0 Å². The molecule has 5 heteroatoms. The van der Waals surface area contributed by atoms with Crippen molar-refractivity contribution < 1.29 is 0 Å². The molecule has 254 valence electrons. The average Bonchev–Trinajstić information content (AvgIpc) is 3.88. The second-order valence-electron chi connectivity index (χ2n) is 13.9. The first-order valence-corrected chi connectivity index (χ1v) is 18.3. The van der Waals surface area contributed by atoms with E-state index >= 15 is 0 Å². The fraction of sp³-hybridized carbons (Fsp3) is 0. The maximum atomic E-state index is 8.09. The summed E-state index contributed by atoms with van der Waals surface area (Å²) in [6.45, 7) is 15.9. The van der Waals surface area contributed by atoms with Crippen molar-refractivity contribution >= 4 is 76.8 Å². The van der Waals surface area contributed by atoms with Crippen molar-refractivity contribution in [1.29, 1.82) is 0 Å². The highest BCUT2D eigenvalue weighted by Gasteiger charge is 2.21. The molecule has 0 spiro atoms. The van der Waals surface area contributed by atoms with Crippen molar-refractivity contribution in [2.24, 2.45) is 0 Å². The van der Waals surface area contributed by atoms with Gasteiger partial charge in [-0.15, -0.1) is 0 Å². The van der Waals surface area contributed by atoms with Gasteiger partial charge in [-0.2, -0.15) is 0 Å². The van der Waals surface area contributed by atoms with Gasteiger partial charge in [-0.3, -0.25) is 0 Å². The molecule has 0 fully saturated rings. The number of fused-ring (bicyclic) bond motifs is 9. The molecule has 0 atom stereocenters. The Bertz CT molecular complexity index is 3420. The monoisotopic (exact) mass is 699 g/mol. The van der Waals surface area contributed by atoms with E-state index in [-0.39, 0.29) is 0 Å². The Morgan fingerprint density at radius 3 is 1.31 bits per heavy atom. The van der Waals surface area contributed by atoms with Gasteiger partial charge in [-0.05, 0) is 66.2 Å². The minimum atomic E-state index is 0.567. The van der Waals surface area contributed by atoms with E-state index < -0.39 is 0 Å². The second kappa shape index (κ2) is 11.8. The van der Waals surface area contributed by atoms with Crippen LogP contribution in [0.2, 0.25) is 0 Å². The van der Waals surface area contributed by atoms with Crippen LogP contribution in [0.5, 0.6) is 0 Å². The lowest BCUT2D eigenvalue weighted by Gasteiger charge is -2.19. The lowest BCUT2D eigenvalue weighted by atomic mass is 10.00. The first kappa shape index (κ1) is 30.7. The Labute approximate surface area is 316 Å². The molecule has 0 saturated carbocycles. The van der Waals surface area contributed by atoms with Gasteiger partial charge in [0.2, 0.25) is 0 Å². The molecular formula is C50H29N5. The highest BCUT2D eigenvalue weighted by molar-refractivity contribution is 6.13. The third kappa shape index (κ3) is 4.45. The van der Waals surface area contributed by atoms with Gasteiger partial charge in [0.05, 0.1) is 52.1 Å². The Morgan fingerprint density at radius 1 is 0.309 bits per heavy atom. The van der Waals surface area contributed by atoms with E-state index in [9.17, 15) is 0 Å². The summed E-state index contributed by atoms with van der Waals surface area (Å²) >= 11 is 0. The molecule has 3 aromatic heterocycles. The van der Waals surface area contributed by atoms with E-state index in [0.717, 1.165) is 82.8 Å². The molecule has 11 rings (SSSR count). The van der Waals surface area contributed by atoms with Crippen LogP contribution in [0.3, 0.4) is 0 Å². The standard InChI is InChI=1S/C50H29N5/c1-51-32-24-28-48(42(29-32)39-17-7-12-22-47(39)54-45-20-10-5-15-37(45)40-26-23-33(52-2)30-49(40)54)55-46-21-11-6-16-38(46)41-27-25-34(31-50(41)55)53-43-18-8-3-13-35(43)36-14-4-9-19-44(36)53/h3-31H. The molecule has 55 heavy (non-hydrogen) atoms. The van der Waals surface area contributed by atoms with E-state index in [1.54, 1.807) is 0 Å². The third-order valence-electron chi connectivity index (χ3n) is 11.1. The first-order chi connectivity index (χ1) is 27.2. The van der Waals surface area contributed by atoms with Crippen LogP contribution in [-0.2, 0) is 0 Å². The Balaban J connectivity index is 1.22. The second-order valence-corrected chi connectivity index (χ2v) is 13.9. The van der Waals surface area contributed by atoms with Crippen molar-refractivity contribution in [3.05, 3.63) is 199 Å². The molecular weight excluding hydrogens is 671 g/mol. The lowest BCUT2D eigenvalue weighted by molar-refractivity contribution is 1.15. The zero-order chi connectivity index (χ0) is 36.6. The molecule has 8 aromatic carbocycles. The maximum Gasteiger partial charge on any atom is 0.189 e. The van der Waals surface area contributed by atoms with Crippen LogP contribution in [0.25, 0.3) is 103 Å². The van der Waals surface area contributed by atoms with Gasteiger partial charge in [0.25, 0.3) is 0 Å². The van der Waals surface area contributed by atoms with Crippen molar-refractivity contribution in [3.63, 3.8) is 0 Å². The summed E-state index contributed by atoms with van der Waals surface area (Å²) in [5, 5.41) is 6.98. The van der Waals surface area contributed by atoms with Gasteiger partial charge in [-0.25, -0.2) is 9.69 Å². The largest absolute Gasteiger partial charge is 0.310 e. The predicted octanol–water partition coefficient (Wildman–Crippen LogP) is 13.7. The van der Waals surface area contributed by atoms with Crippen molar-refractivity contribution in [1.82, 2.24) is 13.7 Å². The third-order valence-corrected chi connectivity index (χ3v) is 11.1. The topological polar surface area (TPSA) is 23.5 Å². The quantitative estimate of drug-likeness (QED) is 0.163. The molecule has 0 radical (unpaired) electrons. The highest BCUT2D eigenvalue weighted by atomic mass is 15.0. The van der Waals surface area contributed by atoms with Gasteiger partial charge in [0.15, 0.2) is 11.4 Å². The summed E-state index contributed by atoms with van der Waals surface area (Å²) in [6, 6.07) is 61.4. The summed E-state index contributed by atoms with van der Waals surface area (Å²) in [6.07, 6.45) is 0. The lowest BCUT2D eigenvalue weighted by Crippen LogP contribution is -2.02. The van der Waals surface area contributed by atoms with Crippen LogP contribution in [0.1, 0.15) is 0 Å². The molecule has 0 amide bonds. The van der Waals surface area contributed by atoms with Crippen molar-refractivity contribution in [2.75, 3.05) is 0 Å². The molecule has 0 saturated heterocycles. The summed E-state index contributed by atoms with van der Waals surface area (Å²) in [5.74, 6) is 0. The van der Waals surface area contributed by atoms with E-state index in [2.05, 4.69) is 175 Å². The van der Waals surface area contributed by atoms with Crippen LogP contribution in [0.15, 0.2) is 176 Å². The number of hydrogen-bond donors (Lipinski definition) is 0. The Morgan fingerprint density at radius 2 is 0.727 bits per heavy atom. The molecule has 0 aliphatic rings. The summed E-state index contributed by atoms with van der Waals surface area (Å²) in [5.41, 5.74) is 12.6. The molecule has 11 aromatic rings. The normalized spacial score (nSPS) is 11.6. The van der Waals surface area contributed by atoms with E-state index in [0.29, 0.717) is 11.4 Å². The Kier molecular flexibility index (Phi) is 6.61. The number of para-hydroxylation sites is 5. The van der Waals surface area contributed by atoms with Crippen molar-refractivity contribution in [3.8, 4) is 28.2 Å². The smallest absolute Gasteiger partial charge is 0.189 e. The summed E-state index contributed by atoms with van der Waals surface area (Å²) in [7, 11) is 0. The minimum absolute atomic E-state index is 0.567. The number of benzene rings is 8. The molecule has 0 N–H and O–H groups in total. The highest BCUT2D eigenvalue weighted by Crippen LogP contribution is 2.43. The molecule has 0 unspecified atom stereocenters. The fourth-order valence-corrected chi connectivity index (χ4v) is 8.75. The summed E-state index contributed by atoms with van der Waals surface area (Å²) in [4.78, 5) is 7.71. The van der Waals surface area contributed by atoms with Gasteiger partial charge < -0.3 is 13.7 Å². The molecule has 0 aliphatic heterocycles. The maximum absolute atomic E-state index is 8.09. The van der Waals surface area contributed by atoms with Crippen LogP contribution in [-0.4, -0.2) is 13.7 Å². The van der Waals surface area contributed by atoms with Crippen LogP contribution >= 0.6 is 0 Å². The Hall–Kier alpha value is -7.86. The van der Waals surface area contributed by atoms with Crippen LogP contribution < -0.4 is 0 Å². The number of hydrogen-bond acceptors (Lipinski definition) is 0. The first-order valence-electron chi connectivity index (χ1n) is 18.3. The van der Waals surface area contributed by atoms with Gasteiger partial charge in [-0.1, -0.05) is 115 Å². The zero-order valence-electron chi connectivity index (χ0n) is 29.5. The molecule has 5 nitrogen and oxygen atoms in total.